The number of rotatable bonds is 2. The van der Waals surface area contributed by atoms with Crippen LogP contribution in [-0.4, -0.2) is 27.4 Å². The minimum atomic E-state index is -0.981. The predicted molar refractivity (Wildman–Crippen MR) is 43.2 cm³/mol. The van der Waals surface area contributed by atoms with Crippen LogP contribution >= 0.6 is 0 Å². The lowest BCUT2D eigenvalue weighted by molar-refractivity contribution is -0.132. The Bertz CT molecular complexity index is 170. The Morgan fingerprint density at radius 1 is 1.08 bits per heavy atom. The van der Waals surface area contributed by atoms with E-state index in [1.807, 2.05) is 0 Å². The topological polar surface area (TPSA) is 124 Å². The van der Waals surface area contributed by atoms with Crippen LogP contribution in [0.4, 0.5) is 0 Å². The average molecular weight is 191 g/mol. The van der Waals surface area contributed by atoms with Gasteiger partial charge >= 0.3 is 11.9 Å². The van der Waals surface area contributed by atoms with Crippen LogP contribution in [0, 0.1) is 4.91 Å². The molecule has 7 heteroatoms. The summed E-state index contributed by atoms with van der Waals surface area (Å²) in [7, 11) is 0. The Morgan fingerprint density at radius 2 is 1.15 bits per heavy atom. The highest BCUT2D eigenvalue weighted by molar-refractivity contribution is 5.79. The normalized spacial score (nSPS) is 5.85. The fourth-order valence-corrected chi connectivity index (χ4v) is 0. The second-order valence-corrected chi connectivity index (χ2v) is 1.17. The summed E-state index contributed by atoms with van der Waals surface area (Å²) in [6, 6.07) is 0. The van der Waals surface area contributed by atoms with Crippen LogP contribution in [0.2, 0.25) is 0 Å². The van der Waals surface area contributed by atoms with Crippen molar-refractivity contribution in [1.82, 2.24) is 0 Å². The zero-order chi connectivity index (χ0) is 11.3. The average Bonchev–Trinajstić information content (AvgIpc) is 2.07. The lowest BCUT2D eigenvalue weighted by atomic mass is 10.7. The van der Waals surface area contributed by atoms with Crippen LogP contribution in [0.1, 0.15) is 0 Å². The fraction of sp³-hybridized carbons (Fsp3) is 0. The molecular formula is C6H9NO6. The van der Waals surface area contributed by atoms with Gasteiger partial charge < -0.3 is 15.4 Å². The predicted octanol–water partition coefficient (Wildman–Crippen LogP) is 0.656. The summed E-state index contributed by atoms with van der Waals surface area (Å²) in [4.78, 5) is 26.6. The largest absolute Gasteiger partial charge is 0.478 e. The Kier molecular flexibility index (Phi) is 21.6. The second-order valence-electron chi connectivity index (χ2n) is 1.17. The summed E-state index contributed by atoms with van der Waals surface area (Å²) in [5, 5.41) is 23.1. The molecule has 0 aromatic heterocycles. The Morgan fingerprint density at radius 3 is 1.15 bits per heavy atom. The number of hydrogen-bond donors (Lipinski definition) is 3. The van der Waals surface area contributed by atoms with Crippen LogP contribution in [0.15, 0.2) is 30.7 Å². The van der Waals surface area contributed by atoms with Crippen molar-refractivity contribution >= 4 is 11.9 Å². The van der Waals surface area contributed by atoms with E-state index in [9.17, 15) is 9.59 Å². The molecule has 0 aliphatic heterocycles. The van der Waals surface area contributed by atoms with E-state index in [4.69, 9.17) is 20.3 Å². The van der Waals surface area contributed by atoms with E-state index in [1.54, 1.807) is 0 Å². The summed E-state index contributed by atoms with van der Waals surface area (Å²) in [6.07, 6.45) is 1.67. The molecule has 0 aromatic carbocycles. The minimum Gasteiger partial charge on any atom is -0.478 e. The van der Waals surface area contributed by atoms with Crippen LogP contribution in [0.3, 0.4) is 0 Å². The molecule has 0 unspecified atom stereocenters. The van der Waals surface area contributed by atoms with E-state index in [0.717, 1.165) is 12.2 Å². The van der Waals surface area contributed by atoms with Crippen molar-refractivity contribution in [3.8, 4) is 0 Å². The van der Waals surface area contributed by atoms with Crippen molar-refractivity contribution in [2.75, 3.05) is 0 Å². The van der Waals surface area contributed by atoms with Crippen molar-refractivity contribution in [3.63, 3.8) is 0 Å². The van der Waals surface area contributed by atoms with E-state index in [2.05, 4.69) is 13.2 Å². The number of nitrogens with zero attached hydrogens (tertiary/aromatic N) is 1. The van der Waals surface area contributed by atoms with Crippen LogP contribution in [0.5, 0.6) is 0 Å². The van der Waals surface area contributed by atoms with Gasteiger partial charge in [-0.05, 0) is 0 Å². The third kappa shape index (κ3) is 181. The number of hydrogen-bond acceptors (Lipinski definition) is 4. The van der Waals surface area contributed by atoms with E-state index in [-0.39, 0.29) is 0 Å². The number of carbonyl (C=O) groups is 2. The van der Waals surface area contributed by atoms with Gasteiger partial charge in [-0.25, -0.2) is 9.59 Å². The van der Waals surface area contributed by atoms with Crippen LogP contribution in [-0.2, 0) is 9.59 Å². The molecule has 3 N–H and O–H groups in total. The molecule has 13 heavy (non-hydrogen) atoms. The molecule has 0 aliphatic carbocycles. The monoisotopic (exact) mass is 191 g/mol. The van der Waals surface area contributed by atoms with Gasteiger partial charge in [0.2, 0.25) is 0 Å². The SMILES string of the molecule is C=CC(=O)O.C=CC(=O)O.O=NO. The van der Waals surface area contributed by atoms with Crippen LogP contribution < -0.4 is 0 Å². The molecule has 0 aromatic rings. The minimum absolute atomic E-state index is 0.833. The molecule has 74 valence electrons. The Balaban J connectivity index is -0.000000120. The van der Waals surface area contributed by atoms with Crippen molar-refractivity contribution < 1.29 is 25.0 Å². The van der Waals surface area contributed by atoms with E-state index in [1.165, 1.54) is 5.34 Å². The molecule has 0 saturated heterocycles. The number of aliphatic carboxylic acids is 2. The summed E-state index contributed by atoms with van der Waals surface area (Å²) >= 11 is 0. The zero-order valence-corrected chi connectivity index (χ0v) is 6.58. The first kappa shape index (κ1) is 17.1. The molecule has 0 radical (unpaired) electrons. The van der Waals surface area contributed by atoms with Crippen molar-refractivity contribution in [2.45, 2.75) is 0 Å². The van der Waals surface area contributed by atoms with Gasteiger partial charge in [-0.1, -0.05) is 13.2 Å². The maximum Gasteiger partial charge on any atom is 0.327 e. The van der Waals surface area contributed by atoms with E-state index in [0.29, 0.717) is 0 Å². The zero-order valence-electron chi connectivity index (χ0n) is 6.58. The molecular weight excluding hydrogens is 182 g/mol. The molecule has 7 nitrogen and oxygen atoms in total. The van der Waals surface area contributed by atoms with Gasteiger partial charge in [0.05, 0.1) is 0 Å². The second kappa shape index (κ2) is 16.4. The van der Waals surface area contributed by atoms with Gasteiger partial charge in [-0.3, -0.25) is 0 Å². The molecule has 0 bridgehead atoms. The standard InChI is InChI=1S/2C3H4O2.HNO2/c2*1-2-3(4)5;2-1-3/h2*2H,1H2,(H,4,5);(H,2,3). The first-order chi connectivity index (χ1) is 5.95. The number of carboxylic acids is 2. The van der Waals surface area contributed by atoms with E-state index >= 15 is 0 Å². The third-order valence-corrected chi connectivity index (χ3v) is 0.349. The van der Waals surface area contributed by atoms with Gasteiger partial charge in [-0.2, -0.15) is 0 Å². The summed E-state index contributed by atoms with van der Waals surface area (Å²) in [5.74, 6) is -1.96. The van der Waals surface area contributed by atoms with Gasteiger partial charge in [0.25, 0.3) is 0 Å². The first-order valence-corrected chi connectivity index (χ1v) is 2.63. The smallest absolute Gasteiger partial charge is 0.327 e. The lowest BCUT2D eigenvalue weighted by Gasteiger charge is -1.64. The highest BCUT2D eigenvalue weighted by Crippen LogP contribution is 1.55. The lowest BCUT2D eigenvalue weighted by Crippen LogP contribution is -1.82. The number of carboxylic acid groups (broad SMARTS) is 2. The van der Waals surface area contributed by atoms with Crippen molar-refractivity contribution in [1.29, 1.82) is 0 Å². The molecule has 0 fully saturated rings. The van der Waals surface area contributed by atoms with E-state index < -0.39 is 11.9 Å². The Labute approximate surface area is 73.6 Å². The third-order valence-electron chi connectivity index (χ3n) is 0.349. The summed E-state index contributed by atoms with van der Waals surface area (Å²) in [6.45, 7) is 5.92. The molecule has 0 spiro atoms. The van der Waals surface area contributed by atoms with Crippen LogP contribution in [0.25, 0.3) is 0 Å². The molecule has 0 saturated carbocycles. The summed E-state index contributed by atoms with van der Waals surface area (Å²) < 4.78 is 0. The highest BCUT2D eigenvalue weighted by Gasteiger charge is 1.73. The maximum atomic E-state index is 9.25. The first-order valence-electron chi connectivity index (χ1n) is 2.63. The molecule has 0 aliphatic rings. The Hall–Kier alpha value is -2.18. The van der Waals surface area contributed by atoms with Gasteiger partial charge in [0.1, 0.15) is 0 Å². The molecule has 0 heterocycles. The van der Waals surface area contributed by atoms with Crippen molar-refractivity contribution in [3.05, 3.63) is 30.2 Å². The van der Waals surface area contributed by atoms with Gasteiger partial charge in [0, 0.05) is 12.2 Å². The molecule has 0 atom stereocenters. The van der Waals surface area contributed by atoms with Gasteiger partial charge in [-0.15, -0.1) is 4.91 Å². The maximum absolute atomic E-state index is 9.25. The van der Waals surface area contributed by atoms with Crippen molar-refractivity contribution in [2.24, 2.45) is 5.34 Å². The quantitative estimate of drug-likeness (QED) is 0.334. The fourth-order valence-electron chi connectivity index (χ4n) is 0. The van der Waals surface area contributed by atoms with Gasteiger partial charge in [0.15, 0.2) is 5.34 Å². The molecule has 0 amide bonds. The highest BCUT2D eigenvalue weighted by atomic mass is 16.6. The summed E-state index contributed by atoms with van der Waals surface area (Å²) in [5.41, 5.74) is 0. The molecule has 0 rings (SSSR count).